The standard InChI is InChI=1S/C46H78N10O18S/c1-8-26(5)16-14-12-10-11-13-15-17-28(60)18-35(61)48-34(24-75(71,72)73)43(67)55-38-27(6)74-36(62)20-56(7)46(70)33(23-59)53-42(66)32(22-58)51-44(68)37(25(3)4)54-39(63)29(9-2)49-40(64)30(19-47)50-41(65)31(21-57)52-45(38)69/h9,25-27,30-34,37-38,57-59H,8,10-24,47H2,1-7H3,(H,48,61)(H,49,64)(H,50,65)(H,51,68)(H,52,69)(H,53,66)(H,54,63)(H,55,67)(H,71,72,73)/b29-9-/t26?,27-,30+,31+,32+,33+,34+,37+,38+/m1/s1. The van der Waals surface area contributed by atoms with Crippen molar-refractivity contribution in [2.75, 3.05) is 45.7 Å². The average Bonchev–Trinajstić information content (AvgIpc) is 3.34. The van der Waals surface area contributed by atoms with Crippen LogP contribution in [0.15, 0.2) is 11.8 Å². The molecule has 0 saturated carbocycles. The van der Waals surface area contributed by atoms with Crippen LogP contribution in [-0.2, 0) is 67.6 Å². The van der Waals surface area contributed by atoms with Gasteiger partial charge in [-0.2, -0.15) is 8.42 Å². The minimum Gasteiger partial charge on any atom is -0.459 e. The van der Waals surface area contributed by atoms with Crippen molar-refractivity contribution in [2.24, 2.45) is 17.6 Å². The third-order valence-electron chi connectivity index (χ3n) is 11.9. The predicted octanol–water partition coefficient (Wildman–Crippen LogP) is -4.59. The van der Waals surface area contributed by atoms with E-state index < -0.39 is 180 Å². The minimum absolute atomic E-state index is 0.0103. The Bertz CT molecular complexity index is 2140. The van der Waals surface area contributed by atoms with Crippen LogP contribution in [0, 0.1) is 11.8 Å². The first kappa shape index (κ1) is 66.9. The number of hydrogen-bond acceptors (Lipinski definition) is 18. The Balaban J connectivity index is 3.62. The Morgan fingerprint density at radius 3 is 1.84 bits per heavy atom. The molecule has 9 amide bonds. The molecule has 1 aliphatic rings. The van der Waals surface area contributed by atoms with Gasteiger partial charge in [-0.3, -0.25) is 57.3 Å². The quantitative estimate of drug-likeness (QED) is 0.0160. The molecule has 29 heteroatoms. The van der Waals surface area contributed by atoms with Crippen molar-refractivity contribution in [2.45, 2.75) is 154 Å². The van der Waals surface area contributed by atoms with E-state index >= 15 is 0 Å². The Kier molecular flexibility index (Phi) is 30.1. The van der Waals surface area contributed by atoms with Gasteiger partial charge in [-0.25, -0.2) is 0 Å². The molecule has 1 rings (SSSR count). The normalized spacial score (nSPS) is 24.0. The zero-order valence-electron chi connectivity index (χ0n) is 43.6. The summed E-state index contributed by atoms with van der Waals surface area (Å²) in [6.07, 6.45) is 5.79. The van der Waals surface area contributed by atoms with Crippen LogP contribution >= 0.6 is 0 Å². The summed E-state index contributed by atoms with van der Waals surface area (Å²) in [4.78, 5) is 148. The maximum atomic E-state index is 14.0. The summed E-state index contributed by atoms with van der Waals surface area (Å²) in [5, 5.41) is 47.6. The van der Waals surface area contributed by atoms with Gasteiger partial charge in [0.25, 0.3) is 16.0 Å². The lowest BCUT2D eigenvalue weighted by Gasteiger charge is -2.29. The number of aliphatic hydroxyl groups is 3. The Labute approximate surface area is 436 Å². The van der Waals surface area contributed by atoms with E-state index in [1.807, 2.05) is 5.32 Å². The highest BCUT2D eigenvalue weighted by molar-refractivity contribution is 7.85. The summed E-state index contributed by atoms with van der Waals surface area (Å²) in [6, 6.07) is -13.1. The van der Waals surface area contributed by atoms with E-state index in [0.717, 1.165) is 58.6 Å². The number of Topliss-reactive ketones (excluding diaryl/α,β-unsaturated/α-hetero) is 1. The molecule has 0 spiro atoms. The second kappa shape index (κ2) is 33.7. The SMILES string of the molecule is C/C=C1\NC(=O)[C@H](CN)NC(=O)[C@H](CO)NC(=O)[C@@H](NC(=O)[C@H](CS(=O)(=O)O)NC(=O)CC(=O)CCCCCCCCC(C)CC)[C@@H](C)OC(=O)CN(C)C(=O)[C@H](CO)NC(=O)[C@H](CO)NC(=O)[C@H](C(C)C)NC1=O. The Hall–Kier alpha value is -6.14. The summed E-state index contributed by atoms with van der Waals surface area (Å²) in [5.41, 5.74) is 5.28. The third kappa shape index (κ3) is 24.4. The lowest BCUT2D eigenvalue weighted by Crippen LogP contribution is -2.63. The number of unbranched alkanes of at least 4 members (excludes halogenated alkanes) is 5. The number of likely N-dealkylation sites (N-methyl/N-ethyl adjacent to an activating group) is 1. The molecule has 1 unspecified atom stereocenters. The van der Waals surface area contributed by atoms with Crippen molar-refractivity contribution in [3.05, 3.63) is 11.8 Å². The fraction of sp³-hybridized carbons (Fsp3) is 0.717. The van der Waals surface area contributed by atoms with Crippen LogP contribution in [0.25, 0.3) is 0 Å². The Morgan fingerprint density at radius 1 is 0.787 bits per heavy atom. The van der Waals surface area contributed by atoms with E-state index in [1.165, 1.54) is 20.8 Å². The molecule has 1 heterocycles. The van der Waals surface area contributed by atoms with E-state index in [2.05, 4.69) is 51.1 Å². The van der Waals surface area contributed by atoms with E-state index in [-0.39, 0.29) is 6.42 Å². The first-order valence-electron chi connectivity index (χ1n) is 24.7. The number of cyclic esters (lactones) is 1. The molecule has 75 heavy (non-hydrogen) atoms. The van der Waals surface area contributed by atoms with Crippen LogP contribution in [0.4, 0.5) is 0 Å². The molecule has 1 saturated heterocycles. The molecule has 28 nitrogen and oxygen atoms in total. The smallest absolute Gasteiger partial charge is 0.325 e. The van der Waals surface area contributed by atoms with Crippen LogP contribution in [0.5, 0.6) is 0 Å². The fourth-order valence-corrected chi connectivity index (χ4v) is 7.90. The first-order chi connectivity index (χ1) is 35.2. The molecule has 0 aromatic heterocycles. The number of ether oxygens (including phenoxy) is 1. The number of allylic oxidation sites excluding steroid dienone is 1. The lowest BCUT2D eigenvalue weighted by atomic mass is 9.99. The highest BCUT2D eigenvalue weighted by Crippen LogP contribution is 2.15. The van der Waals surface area contributed by atoms with Gasteiger partial charge < -0.3 is 73.2 Å². The van der Waals surface area contributed by atoms with Gasteiger partial charge in [0.05, 0.1) is 26.2 Å². The van der Waals surface area contributed by atoms with Crippen molar-refractivity contribution in [3.8, 4) is 0 Å². The number of carbonyl (C=O) groups excluding carboxylic acids is 11. The number of aliphatic hydroxyl groups excluding tert-OH is 3. The summed E-state index contributed by atoms with van der Waals surface area (Å²) in [5.74, 6) is -14.4. The van der Waals surface area contributed by atoms with Crippen molar-refractivity contribution in [3.63, 3.8) is 0 Å². The molecule has 1 aliphatic heterocycles. The van der Waals surface area contributed by atoms with E-state index in [1.54, 1.807) is 0 Å². The number of nitrogens with two attached hydrogens (primary N) is 1. The highest BCUT2D eigenvalue weighted by Gasteiger charge is 2.38. The Morgan fingerprint density at radius 2 is 1.32 bits per heavy atom. The van der Waals surface area contributed by atoms with E-state index in [4.69, 9.17) is 10.5 Å². The molecule has 9 atom stereocenters. The van der Waals surface area contributed by atoms with Crippen molar-refractivity contribution in [1.82, 2.24) is 47.4 Å². The zero-order chi connectivity index (χ0) is 57.2. The maximum absolute atomic E-state index is 14.0. The van der Waals surface area contributed by atoms with Gasteiger partial charge >= 0.3 is 5.97 Å². The fourth-order valence-electron chi connectivity index (χ4n) is 7.24. The summed E-state index contributed by atoms with van der Waals surface area (Å²) in [6.45, 7) is 4.62. The van der Waals surface area contributed by atoms with Gasteiger partial charge in [-0.05, 0) is 32.1 Å². The molecular formula is C46H78N10O18S. The molecule has 1 fully saturated rings. The van der Waals surface area contributed by atoms with E-state index in [9.17, 15) is 81.0 Å². The molecule has 0 radical (unpaired) electrons. The van der Waals surface area contributed by atoms with E-state index in [0.29, 0.717) is 23.7 Å². The van der Waals surface area contributed by atoms with Gasteiger partial charge in [0.15, 0.2) is 0 Å². The van der Waals surface area contributed by atoms with Crippen molar-refractivity contribution in [1.29, 1.82) is 0 Å². The number of ketones is 1. The van der Waals surface area contributed by atoms with Gasteiger partial charge in [0, 0.05) is 20.0 Å². The molecular weight excluding hydrogens is 1010 g/mol. The van der Waals surface area contributed by atoms with Gasteiger partial charge in [0.2, 0.25) is 47.3 Å². The van der Waals surface area contributed by atoms with Crippen LogP contribution in [0.3, 0.4) is 0 Å². The summed E-state index contributed by atoms with van der Waals surface area (Å²) >= 11 is 0. The summed E-state index contributed by atoms with van der Waals surface area (Å²) < 4.78 is 39.3. The number of carbonyl (C=O) groups is 11. The predicted molar refractivity (Wildman–Crippen MR) is 266 cm³/mol. The van der Waals surface area contributed by atoms with Gasteiger partial charge in [-0.1, -0.05) is 78.7 Å². The van der Waals surface area contributed by atoms with Crippen LogP contribution < -0.4 is 48.3 Å². The van der Waals surface area contributed by atoms with Crippen LogP contribution in [0.2, 0.25) is 0 Å². The number of amides is 9. The minimum atomic E-state index is -5.11. The van der Waals surface area contributed by atoms with Crippen LogP contribution in [0.1, 0.15) is 106 Å². The molecule has 0 bridgehead atoms. The number of rotatable bonds is 22. The van der Waals surface area contributed by atoms with Crippen molar-refractivity contribution < 1.29 is 85.8 Å². The first-order valence-corrected chi connectivity index (χ1v) is 26.3. The molecule has 0 aromatic rings. The lowest BCUT2D eigenvalue weighted by molar-refractivity contribution is -0.156. The van der Waals surface area contributed by atoms with Crippen molar-refractivity contribution >= 4 is 75.0 Å². The largest absolute Gasteiger partial charge is 0.459 e. The second-order valence-corrected chi connectivity index (χ2v) is 20.0. The monoisotopic (exact) mass is 1090 g/mol. The average molecular weight is 1090 g/mol. The van der Waals surface area contributed by atoms with Gasteiger partial charge in [-0.15, -0.1) is 0 Å². The van der Waals surface area contributed by atoms with Crippen LogP contribution in [-0.4, -0.2) is 192 Å². The molecule has 0 aromatic carbocycles. The third-order valence-corrected chi connectivity index (χ3v) is 12.7. The second-order valence-electron chi connectivity index (χ2n) is 18.5. The molecule has 14 N–H and O–H groups in total. The van der Waals surface area contributed by atoms with Gasteiger partial charge in [0.1, 0.15) is 72.2 Å². The molecule has 426 valence electrons. The number of esters is 1. The number of nitrogens with zero attached hydrogens (tertiary/aromatic N) is 1. The summed E-state index contributed by atoms with van der Waals surface area (Å²) in [7, 11) is -4.09. The number of hydrogen-bond donors (Lipinski definition) is 13. The maximum Gasteiger partial charge on any atom is 0.325 e. The zero-order valence-corrected chi connectivity index (χ0v) is 44.4. The molecule has 0 aliphatic carbocycles. The highest BCUT2D eigenvalue weighted by atomic mass is 32.2. The number of nitrogens with one attached hydrogen (secondary N) is 8. The topological polar surface area (TPSA) is 438 Å².